The summed E-state index contributed by atoms with van der Waals surface area (Å²) in [6.07, 6.45) is 9.23. The quantitative estimate of drug-likeness (QED) is 0.549. The number of pyridine rings is 1. The molecule has 0 bridgehead atoms. The minimum Gasteiger partial charge on any atom is -0.414 e. The molecule has 0 amide bonds. The van der Waals surface area contributed by atoms with Crippen molar-refractivity contribution in [2.75, 3.05) is 0 Å². The summed E-state index contributed by atoms with van der Waals surface area (Å²) in [6.45, 7) is 11.5. The summed E-state index contributed by atoms with van der Waals surface area (Å²) in [7, 11) is -1.75. The van der Waals surface area contributed by atoms with Crippen molar-refractivity contribution in [3.63, 3.8) is 0 Å². The molecule has 158 valence electrons. The Labute approximate surface area is 175 Å². The molecule has 2 unspecified atom stereocenters. The van der Waals surface area contributed by atoms with E-state index in [1.54, 1.807) is 0 Å². The van der Waals surface area contributed by atoms with Crippen LogP contribution in [0, 0.1) is 5.92 Å². The van der Waals surface area contributed by atoms with Crippen molar-refractivity contribution in [2.45, 2.75) is 89.3 Å². The van der Waals surface area contributed by atoms with Crippen LogP contribution in [0.15, 0.2) is 30.9 Å². The predicted molar refractivity (Wildman–Crippen MR) is 117 cm³/mol. The molecule has 1 aliphatic carbocycles. The molecule has 3 heterocycles. The van der Waals surface area contributed by atoms with E-state index < -0.39 is 14.5 Å². The van der Waals surface area contributed by atoms with Crippen molar-refractivity contribution in [1.82, 2.24) is 14.5 Å². The van der Waals surface area contributed by atoms with Crippen molar-refractivity contribution in [2.24, 2.45) is 5.92 Å². The lowest BCUT2D eigenvalue weighted by molar-refractivity contribution is 0.0797. The number of rotatable bonds is 5. The number of alkyl halides is 1. The van der Waals surface area contributed by atoms with Crippen LogP contribution < -0.4 is 0 Å². The van der Waals surface area contributed by atoms with Crippen molar-refractivity contribution < 1.29 is 8.82 Å². The van der Waals surface area contributed by atoms with Crippen LogP contribution in [0.4, 0.5) is 4.39 Å². The zero-order valence-corrected chi connectivity index (χ0v) is 19.4. The fourth-order valence-corrected chi connectivity index (χ4v) is 6.01. The Morgan fingerprint density at radius 2 is 1.97 bits per heavy atom. The lowest BCUT2D eigenvalue weighted by Crippen LogP contribution is -2.45. The van der Waals surface area contributed by atoms with Crippen molar-refractivity contribution in [3.05, 3.63) is 36.5 Å². The maximum Gasteiger partial charge on any atom is 0.192 e. The van der Waals surface area contributed by atoms with E-state index in [0.717, 1.165) is 42.6 Å². The maximum absolute atomic E-state index is 15.4. The third-order valence-corrected chi connectivity index (χ3v) is 11.9. The Hall–Kier alpha value is -1.53. The molecule has 2 aliphatic rings. The Balaban J connectivity index is 1.37. The second-order valence-electron chi connectivity index (χ2n) is 10.3. The first-order valence-electron chi connectivity index (χ1n) is 11.0. The van der Waals surface area contributed by atoms with Gasteiger partial charge in [0.25, 0.3) is 0 Å². The van der Waals surface area contributed by atoms with Crippen LogP contribution >= 0.6 is 0 Å². The highest BCUT2D eigenvalue weighted by atomic mass is 28.4. The summed E-state index contributed by atoms with van der Waals surface area (Å²) in [5, 5.41) is 0.220. The molecule has 1 aliphatic heterocycles. The number of halogens is 1. The molecule has 2 aromatic rings. The molecule has 1 fully saturated rings. The Morgan fingerprint density at radius 3 is 2.66 bits per heavy atom. The van der Waals surface area contributed by atoms with Gasteiger partial charge in [0, 0.05) is 24.3 Å². The zero-order valence-electron chi connectivity index (χ0n) is 18.4. The molecule has 0 N–H and O–H groups in total. The van der Waals surface area contributed by atoms with E-state index in [2.05, 4.69) is 54.5 Å². The number of aromatic nitrogens is 3. The van der Waals surface area contributed by atoms with Gasteiger partial charge in [-0.3, -0.25) is 4.98 Å². The summed E-state index contributed by atoms with van der Waals surface area (Å²) in [5.41, 5.74) is 3.13. The summed E-state index contributed by atoms with van der Waals surface area (Å²) >= 11 is 0. The van der Waals surface area contributed by atoms with Crippen LogP contribution in [-0.2, 0) is 4.43 Å². The van der Waals surface area contributed by atoms with Gasteiger partial charge < -0.3 is 8.99 Å². The number of hydrogen-bond donors (Lipinski definition) is 0. The maximum atomic E-state index is 15.4. The molecule has 0 aromatic carbocycles. The van der Waals surface area contributed by atoms with Crippen LogP contribution in [0.2, 0.25) is 18.1 Å². The van der Waals surface area contributed by atoms with Gasteiger partial charge in [-0.25, -0.2) is 9.37 Å². The second-order valence-corrected chi connectivity index (χ2v) is 15.1. The number of imidazole rings is 1. The molecule has 2 aromatic heterocycles. The normalized spacial score (nSPS) is 25.5. The smallest absolute Gasteiger partial charge is 0.192 e. The monoisotopic (exact) mass is 415 g/mol. The van der Waals surface area contributed by atoms with Gasteiger partial charge in [-0.05, 0) is 61.9 Å². The van der Waals surface area contributed by atoms with Crippen molar-refractivity contribution in [1.29, 1.82) is 0 Å². The van der Waals surface area contributed by atoms with E-state index in [9.17, 15) is 0 Å². The standard InChI is InChI=1S/C23H34FN3OSi/c1-23(2,3)29(4,5)28-17-10-8-16(9-11-17)19(24)13-20-22-18(7-6-12-26-22)21-14-25-15-27(20)21/h6-7,12,14-17,19-20H,8-11,13H2,1-5H3. The SMILES string of the molecule is CC(C)(C)[Si](C)(C)OC1CCC(C(F)CC2c3ncccc3-c3cncn32)CC1. The minimum absolute atomic E-state index is 0.0418. The van der Waals surface area contributed by atoms with Crippen LogP contribution in [0.5, 0.6) is 0 Å². The highest BCUT2D eigenvalue weighted by Crippen LogP contribution is 2.44. The second kappa shape index (κ2) is 7.62. The molecule has 0 spiro atoms. The van der Waals surface area contributed by atoms with E-state index in [-0.39, 0.29) is 17.0 Å². The predicted octanol–water partition coefficient (Wildman–Crippen LogP) is 6.16. The lowest BCUT2D eigenvalue weighted by Gasteiger charge is -2.41. The molecule has 2 atom stereocenters. The summed E-state index contributed by atoms with van der Waals surface area (Å²) in [5.74, 6) is 0.119. The van der Waals surface area contributed by atoms with Gasteiger partial charge in [-0.2, -0.15) is 0 Å². The third-order valence-electron chi connectivity index (χ3n) is 7.38. The number of nitrogens with zero attached hydrogens (tertiary/aromatic N) is 3. The van der Waals surface area contributed by atoms with Crippen LogP contribution in [0.1, 0.15) is 64.6 Å². The molecule has 29 heavy (non-hydrogen) atoms. The van der Waals surface area contributed by atoms with Gasteiger partial charge in [0.1, 0.15) is 6.17 Å². The largest absolute Gasteiger partial charge is 0.414 e. The molecular weight excluding hydrogens is 381 g/mol. The van der Waals surface area contributed by atoms with E-state index in [1.165, 1.54) is 0 Å². The molecule has 4 nitrogen and oxygen atoms in total. The molecule has 0 radical (unpaired) electrons. The van der Waals surface area contributed by atoms with Gasteiger partial charge >= 0.3 is 0 Å². The first kappa shape index (κ1) is 20.7. The van der Waals surface area contributed by atoms with Crippen LogP contribution in [-0.4, -0.2) is 35.1 Å². The highest BCUT2D eigenvalue weighted by molar-refractivity contribution is 6.74. The number of hydrogen-bond acceptors (Lipinski definition) is 3. The Bertz CT molecular complexity index is 852. The van der Waals surface area contributed by atoms with Crippen LogP contribution in [0.3, 0.4) is 0 Å². The average molecular weight is 416 g/mol. The fourth-order valence-electron chi connectivity index (χ4n) is 4.59. The van der Waals surface area contributed by atoms with Crippen LogP contribution in [0.25, 0.3) is 11.3 Å². The molecule has 0 saturated heterocycles. The fraction of sp³-hybridized carbons (Fsp3) is 0.652. The minimum atomic E-state index is -1.75. The van der Waals surface area contributed by atoms with Gasteiger partial charge in [0.05, 0.1) is 30.0 Å². The van der Waals surface area contributed by atoms with E-state index in [4.69, 9.17) is 4.43 Å². The van der Waals surface area contributed by atoms with E-state index >= 15 is 4.39 Å². The number of fused-ring (bicyclic) bond motifs is 3. The van der Waals surface area contributed by atoms with Gasteiger partial charge in [0.2, 0.25) is 0 Å². The third kappa shape index (κ3) is 3.93. The van der Waals surface area contributed by atoms with Gasteiger partial charge in [0.15, 0.2) is 8.32 Å². The van der Waals surface area contributed by atoms with Gasteiger partial charge in [-0.15, -0.1) is 0 Å². The molecule has 6 heteroatoms. The van der Waals surface area contributed by atoms with Crippen molar-refractivity contribution >= 4 is 8.32 Å². The van der Waals surface area contributed by atoms with Crippen molar-refractivity contribution in [3.8, 4) is 11.3 Å². The zero-order chi connectivity index (χ0) is 20.8. The van der Waals surface area contributed by atoms with E-state index in [0.29, 0.717) is 12.5 Å². The molecular formula is C23H34FN3OSi. The Kier molecular flexibility index (Phi) is 5.45. The first-order valence-corrected chi connectivity index (χ1v) is 13.9. The van der Waals surface area contributed by atoms with E-state index in [1.807, 2.05) is 24.8 Å². The topological polar surface area (TPSA) is 39.9 Å². The molecule has 1 saturated carbocycles. The Morgan fingerprint density at radius 1 is 1.24 bits per heavy atom. The average Bonchev–Trinajstić information content (AvgIpc) is 3.24. The molecule has 4 rings (SSSR count). The lowest BCUT2D eigenvalue weighted by atomic mass is 9.82. The summed E-state index contributed by atoms with van der Waals surface area (Å²) in [6, 6.07) is 3.96. The summed E-state index contributed by atoms with van der Waals surface area (Å²) in [4.78, 5) is 8.85. The van der Waals surface area contributed by atoms with Gasteiger partial charge in [-0.1, -0.05) is 20.8 Å². The summed E-state index contributed by atoms with van der Waals surface area (Å²) < 4.78 is 24.1. The first-order chi connectivity index (χ1) is 13.7. The highest BCUT2D eigenvalue weighted by Gasteiger charge is 2.41.